The Kier molecular flexibility index (Phi) is 3.84. The molecule has 2 aromatic rings. The maximum Gasteiger partial charge on any atom is 0.252 e. The van der Waals surface area contributed by atoms with Crippen LogP contribution in [0.2, 0.25) is 0 Å². The lowest BCUT2D eigenvalue weighted by Crippen LogP contribution is -2.13. The normalized spacial score (nSPS) is 10.2. The monoisotopic (exact) mass is 269 g/mol. The topological polar surface area (TPSA) is 80.4 Å². The van der Waals surface area contributed by atoms with Crippen LogP contribution in [-0.2, 0) is 6.42 Å². The van der Waals surface area contributed by atoms with Crippen molar-refractivity contribution >= 4 is 11.7 Å². The van der Waals surface area contributed by atoms with Crippen molar-refractivity contribution in [1.29, 1.82) is 0 Å². The minimum Gasteiger partial charge on any atom is -0.507 e. The highest BCUT2D eigenvalue weighted by Gasteiger charge is 2.16. The van der Waals surface area contributed by atoms with Gasteiger partial charge in [0.05, 0.1) is 5.56 Å². The number of hydrogen-bond acceptors (Lipinski definition) is 3. The van der Waals surface area contributed by atoms with Crippen molar-refractivity contribution in [3.8, 4) is 5.75 Å². The molecule has 4 heteroatoms. The molecule has 0 spiro atoms. The molecule has 4 nitrogen and oxygen atoms in total. The van der Waals surface area contributed by atoms with Gasteiger partial charge in [0.2, 0.25) is 0 Å². The lowest BCUT2D eigenvalue weighted by molar-refractivity contribution is 0.0997. The lowest BCUT2D eigenvalue weighted by atomic mass is 9.97. The standard InChI is InChI=1S/C16H15NO3/c1-10(18)12-8-13(7-11-5-3-2-4-6-11)15(19)14(9-12)16(17)20/h2-6,8-9,19H,7H2,1H3,(H2,17,20). The summed E-state index contributed by atoms with van der Waals surface area (Å²) in [5.41, 5.74) is 7.06. The minimum absolute atomic E-state index is 0.0244. The van der Waals surface area contributed by atoms with Crippen LogP contribution in [0.25, 0.3) is 0 Å². The molecule has 20 heavy (non-hydrogen) atoms. The number of carbonyl (C=O) groups is 2. The summed E-state index contributed by atoms with van der Waals surface area (Å²) in [4.78, 5) is 22.9. The summed E-state index contributed by atoms with van der Waals surface area (Å²) in [6.07, 6.45) is 0.425. The summed E-state index contributed by atoms with van der Waals surface area (Å²) in [5.74, 6) is -1.09. The van der Waals surface area contributed by atoms with Gasteiger partial charge < -0.3 is 10.8 Å². The van der Waals surface area contributed by atoms with Crippen LogP contribution in [0.5, 0.6) is 5.75 Å². The molecule has 1 amide bonds. The predicted octanol–water partition coefficient (Wildman–Crippen LogP) is 2.28. The molecule has 2 rings (SSSR count). The van der Waals surface area contributed by atoms with E-state index in [1.807, 2.05) is 30.3 Å². The Balaban J connectivity index is 2.51. The molecular weight excluding hydrogens is 254 g/mol. The summed E-state index contributed by atoms with van der Waals surface area (Å²) in [6.45, 7) is 1.41. The molecule has 2 aromatic carbocycles. The van der Waals surface area contributed by atoms with Crippen molar-refractivity contribution in [3.05, 3.63) is 64.7 Å². The number of carbonyl (C=O) groups excluding carboxylic acids is 2. The number of benzene rings is 2. The Morgan fingerprint density at radius 1 is 1.15 bits per heavy atom. The summed E-state index contributed by atoms with van der Waals surface area (Å²) in [7, 11) is 0. The SMILES string of the molecule is CC(=O)c1cc(Cc2ccccc2)c(O)c(C(N)=O)c1. The summed E-state index contributed by atoms with van der Waals surface area (Å²) < 4.78 is 0. The molecular formula is C16H15NO3. The van der Waals surface area contributed by atoms with E-state index in [0.29, 0.717) is 17.5 Å². The highest BCUT2D eigenvalue weighted by atomic mass is 16.3. The highest BCUT2D eigenvalue weighted by Crippen LogP contribution is 2.27. The molecule has 0 bridgehead atoms. The number of Topliss-reactive ketones (excluding diaryl/α,β-unsaturated/α-hetero) is 1. The zero-order valence-corrected chi connectivity index (χ0v) is 11.1. The summed E-state index contributed by atoms with van der Waals surface area (Å²) in [5, 5.41) is 10.1. The van der Waals surface area contributed by atoms with E-state index in [1.165, 1.54) is 13.0 Å². The number of aromatic hydroxyl groups is 1. The van der Waals surface area contributed by atoms with Crippen LogP contribution in [0.3, 0.4) is 0 Å². The molecule has 0 saturated carbocycles. The molecule has 102 valence electrons. The zero-order chi connectivity index (χ0) is 14.7. The van der Waals surface area contributed by atoms with E-state index in [4.69, 9.17) is 5.73 Å². The Labute approximate surface area is 116 Å². The van der Waals surface area contributed by atoms with Crippen LogP contribution in [-0.4, -0.2) is 16.8 Å². The van der Waals surface area contributed by atoms with Crippen LogP contribution in [0, 0.1) is 0 Å². The Bertz CT molecular complexity index is 663. The van der Waals surface area contributed by atoms with Gasteiger partial charge in [-0.05, 0) is 30.2 Å². The van der Waals surface area contributed by atoms with Gasteiger partial charge in [0.15, 0.2) is 5.78 Å². The Morgan fingerprint density at radius 2 is 1.80 bits per heavy atom. The lowest BCUT2D eigenvalue weighted by Gasteiger charge is -2.10. The second-order valence-corrected chi connectivity index (χ2v) is 4.61. The minimum atomic E-state index is -0.750. The fraction of sp³-hybridized carbons (Fsp3) is 0.125. The van der Waals surface area contributed by atoms with Gasteiger partial charge in [0.25, 0.3) is 5.91 Å². The fourth-order valence-electron chi connectivity index (χ4n) is 2.04. The molecule has 0 aliphatic carbocycles. The third-order valence-electron chi connectivity index (χ3n) is 3.10. The first-order valence-corrected chi connectivity index (χ1v) is 6.19. The fourth-order valence-corrected chi connectivity index (χ4v) is 2.04. The van der Waals surface area contributed by atoms with Gasteiger partial charge >= 0.3 is 0 Å². The average molecular weight is 269 g/mol. The number of ketones is 1. The molecule has 3 N–H and O–H groups in total. The van der Waals surface area contributed by atoms with E-state index in [1.54, 1.807) is 6.07 Å². The van der Waals surface area contributed by atoms with E-state index < -0.39 is 5.91 Å². The van der Waals surface area contributed by atoms with Crippen molar-refractivity contribution < 1.29 is 14.7 Å². The van der Waals surface area contributed by atoms with Gasteiger partial charge in [0.1, 0.15) is 5.75 Å². The first-order valence-electron chi connectivity index (χ1n) is 6.19. The molecule has 0 heterocycles. The number of nitrogens with two attached hydrogens (primary N) is 1. The molecule has 0 saturated heterocycles. The highest BCUT2D eigenvalue weighted by molar-refractivity contribution is 6.01. The number of rotatable bonds is 4. The first-order chi connectivity index (χ1) is 9.49. The van der Waals surface area contributed by atoms with Crippen LogP contribution < -0.4 is 5.73 Å². The van der Waals surface area contributed by atoms with Crippen molar-refractivity contribution in [2.75, 3.05) is 0 Å². The number of primary amides is 1. The largest absolute Gasteiger partial charge is 0.507 e. The van der Waals surface area contributed by atoms with Crippen molar-refractivity contribution in [1.82, 2.24) is 0 Å². The molecule has 0 fully saturated rings. The zero-order valence-electron chi connectivity index (χ0n) is 11.1. The van der Waals surface area contributed by atoms with E-state index in [2.05, 4.69) is 0 Å². The molecule has 0 radical (unpaired) electrons. The molecule has 0 unspecified atom stereocenters. The maximum atomic E-state index is 11.5. The van der Waals surface area contributed by atoms with E-state index in [0.717, 1.165) is 5.56 Å². The van der Waals surface area contributed by atoms with Crippen molar-refractivity contribution in [3.63, 3.8) is 0 Å². The smallest absolute Gasteiger partial charge is 0.252 e. The van der Waals surface area contributed by atoms with Crippen LogP contribution in [0.4, 0.5) is 0 Å². The van der Waals surface area contributed by atoms with Gasteiger partial charge in [-0.2, -0.15) is 0 Å². The predicted molar refractivity (Wildman–Crippen MR) is 75.9 cm³/mol. The van der Waals surface area contributed by atoms with E-state index in [-0.39, 0.29) is 17.1 Å². The van der Waals surface area contributed by atoms with Crippen LogP contribution in [0.15, 0.2) is 42.5 Å². The van der Waals surface area contributed by atoms with E-state index >= 15 is 0 Å². The molecule has 0 aromatic heterocycles. The second-order valence-electron chi connectivity index (χ2n) is 4.61. The molecule has 0 aliphatic rings. The van der Waals surface area contributed by atoms with Crippen LogP contribution in [0.1, 0.15) is 38.8 Å². The maximum absolute atomic E-state index is 11.5. The van der Waals surface area contributed by atoms with Gasteiger partial charge in [-0.1, -0.05) is 30.3 Å². The van der Waals surface area contributed by atoms with Gasteiger partial charge in [-0.15, -0.1) is 0 Å². The second kappa shape index (κ2) is 5.57. The van der Waals surface area contributed by atoms with E-state index in [9.17, 15) is 14.7 Å². The van der Waals surface area contributed by atoms with Crippen molar-refractivity contribution in [2.45, 2.75) is 13.3 Å². The average Bonchev–Trinajstić information content (AvgIpc) is 2.41. The van der Waals surface area contributed by atoms with Gasteiger partial charge in [-0.25, -0.2) is 0 Å². The number of amides is 1. The van der Waals surface area contributed by atoms with Gasteiger partial charge in [-0.3, -0.25) is 9.59 Å². The molecule has 0 aliphatic heterocycles. The number of hydrogen-bond donors (Lipinski definition) is 2. The third kappa shape index (κ3) is 2.85. The molecule has 0 atom stereocenters. The Hall–Kier alpha value is -2.62. The Morgan fingerprint density at radius 3 is 2.35 bits per heavy atom. The third-order valence-corrected chi connectivity index (χ3v) is 3.10. The first kappa shape index (κ1) is 13.8. The summed E-state index contributed by atoms with van der Waals surface area (Å²) in [6, 6.07) is 12.4. The van der Waals surface area contributed by atoms with Crippen LogP contribution >= 0.6 is 0 Å². The number of phenols is 1. The quantitative estimate of drug-likeness (QED) is 0.835. The van der Waals surface area contributed by atoms with Gasteiger partial charge in [0, 0.05) is 12.0 Å². The summed E-state index contributed by atoms with van der Waals surface area (Å²) >= 11 is 0. The van der Waals surface area contributed by atoms with Crippen molar-refractivity contribution in [2.24, 2.45) is 5.73 Å².